The number of benzene rings is 2. The van der Waals surface area contributed by atoms with Crippen molar-refractivity contribution in [1.29, 1.82) is 0 Å². The maximum atomic E-state index is 5.95. The number of aromatic nitrogens is 2. The predicted molar refractivity (Wildman–Crippen MR) is 88.0 cm³/mol. The van der Waals surface area contributed by atoms with E-state index in [0.29, 0.717) is 11.8 Å². The molecule has 0 aliphatic rings. The summed E-state index contributed by atoms with van der Waals surface area (Å²) in [6.45, 7) is 1.92. The molecule has 0 radical (unpaired) electrons. The zero-order chi connectivity index (χ0) is 14.8. The third kappa shape index (κ3) is 2.69. The minimum atomic E-state index is 0.535. The van der Waals surface area contributed by atoms with Gasteiger partial charge in [0.05, 0.1) is 4.47 Å². The lowest BCUT2D eigenvalue weighted by Crippen LogP contribution is -2.00. The topological polar surface area (TPSA) is 47.0 Å². The number of nitrogens with one attached hydrogen (secondary N) is 1. The first-order valence-electron chi connectivity index (χ1n) is 6.55. The number of hydrogen-bond acceptors (Lipinski definition) is 4. The quantitative estimate of drug-likeness (QED) is 0.758. The average Bonchev–Trinajstić information content (AvgIpc) is 2.52. The van der Waals surface area contributed by atoms with Gasteiger partial charge in [-0.2, -0.15) is 4.98 Å². The summed E-state index contributed by atoms with van der Waals surface area (Å²) in [6.07, 6.45) is 1.74. The van der Waals surface area contributed by atoms with Gasteiger partial charge in [0, 0.05) is 18.8 Å². The number of hydrogen-bond donors (Lipinski definition) is 1. The molecule has 0 saturated carbocycles. The summed E-state index contributed by atoms with van der Waals surface area (Å²) in [5.74, 6) is 1.82. The van der Waals surface area contributed by atoms with E-state index in [0.717, 1.165) is 26.6 Å². The van der Waals surface area contributed by atoms with E-state index in [1.165, 1.54) is 0 Å². The van der Waals surface area contributed by atoms with Crippen molar-refractivity contribution in [3.8, 4) is 11.6 Å². The Kier molecular flexibility index (Phi) is 3.75. The van der Waals surface area contributed by atoms with Crippen LogP contribution in [0.5, 0.6) is 11.6 Å². The second kappa shape index (κ2) is 5.69. The highest BCUT2D eigenvalue weighted by atomic mass is 79.9. The lowest BCUT2D eigenvalue weighted by molar-refractivity contribution is 0.456. The Bertz CT molecular complexity index is 805. The van der Waals surface area contributed by atoms with E-state index in [9.17, 15) is 0 Å². The van der Waals surface area contributed by atoms with Gasteiger partial charge in [0.2, 0.25) is 11.8 Å². The molecule has 0 amide bonds. The first-order valence-corrected chi connectivity index (χ1v) is 7.35. The van der Waals surface area contributed by atoms with E-state index >= 15 is 0 Å². The van der Waals surface area contributed by atoms with Gasteiger partial charge < -0.3 is 10.1 Å². The van der Waals surface area contributed by atoms with Crippen LogP contribution >= 0.6 is 15.9 Å². The number of rotatable bonds is 3. The van der Waals surface area contributed by atoms with Crippen molar-refractivity contribution >= 4 is 32.7 Å². The summed E-state index contributed by atoms with van der Waals surface area (Å²) < 4.78 is 6.87. The van der Waals surface area contributed by atoms with Crippen LogP contribution in [0.1, 0.15) is 5.56 Å². The Morgan fingerprint density at radius 1 is 1.14 bits per heavy atom. The van der Waals surface area contributed by atoms with E-state index in [2.05, 4.69) is 43.3 Å². The molecule has 21 heavy (non-hydrogen) atoms. The minimum absolute atomic E-state index is 0.535. The highest BCUT2D eigenvalue weighted by Crippen LogP contribution is 2.36. The predicted octanol–water partition coefficient (Wildman–Crippen LogP) is 4.53. The Morgan fingerprint density at radius 3 is 2.76 bits per heavy atom. The molecule has 0 aliphatic heterocycles. The molecule has 106 valence electrons. The van der Waals surface area contributed by atoms with Gasteiger partial charge in [0.25, 0.3) is 0 Å². The molecule has 0 unspecified atom stereocenters. The molecule has 3 rings (SSSR count). The number of ether oxygens (including phenoxy) is 1. The molecular formula is C16H14BrN3O. The fourth-order valence-electron chi connectivity index (χ4n) is 2.05. The van der Waals surface area contributed by atoms with Gasteiger partial charge in [-0.25, -0.2) is 4.98 Å². The smallest absolute Gasteiger partial charge is 0.227 e. The zero-order valence-corrected chi connectivity index (χ0v) is 13.3. The third-order valence-corrected chi connectivity index (χ3v) is 4.00. The number of fused-ring (bicyclic) bond motifs is 1. The van der Waals surface area contributed by atoms with Gasteiger partial charge in [-0.1, -0.05) is 30.3 Å². The van der Waals surface area contributed by atoms with Crippen molar-refractivity contribution < 1.29 is 4.74 Å². The Hall–Kier alpha value is -2.14. The monoisotopic (exact) mass is 343 g/mol. The maximum absolute atomic E-state index is 5.95. The van der Waals surface area contributed by atoms with Crippen molar-refractivity contribution in [2.45, 2.75) is 6.92 Å². The number of halogens is 1. The van der Waals surface area contributed by atoms with Crippen LogP contribution in [0.4, 0.5) is 5.95 Å². The SMILES string of the molecule is CNc1ncc(C)c(Oc2ccc3ccccc3c2Br)n1. The molecule has 1 aromatic heterocycles. The summed E-state index contributed by atoms with van der Waals surface area (Å²) in [5, 5.41) is 5.18. The molecule has 0 spiro atoms. The van der Waals surface area contributed by atoms with Gasteiger partial charge >= 0.3 is 0 Å². The first-order chi connectivity index (χ1) is 10.2. The zero-order valence-electron chi connectivity index (χ0n) is 11.7. The van der Waals surface area contributed by atoms with Crippen LogP contribution in [0.3, 0.4) is 0 Å². The standard InChI is InChI=1S/C16H14BrN3O/c1-10-9-19-16(18-2)20-15(10)21-13-8-7-11-5-3-4-6-12(11)14(13)17/h3-9H,1-2H3,(H,18,19,20). The largest absolute Gasteiger partial charge is 0.437 e. The molecule has 2 aromatic carbocycles. The van der Waals surface area contributed by atoms with Gasteiger partial charge in [-0.3, -0.25) is 0 Å². The molecule has 0 aliphatic carbocycles. The first kappa shape index (κ1) is 13.8. The molecular weight excluding hydrogens is 330 g/mol. The molecule has 4 nitrogen and oxygen atoms in total. The van der Waals surface area contributed by atoms with Crippen molar-refractivity contribution in [1.82, 2.24) is 9.97 Å². The second-order valence-corrected chi connectivity index (χ2v) is 5.43. The summed E-state index contributed by atoms with van der Waals surface area (Å²) >= 11 is 3.62. The van der Waals surface area contributed by atoms with Crippen molar-refractivity contribution in [3.63, 3.8) is 0 Å². The lowest BCUT2D eigenvalue weighted by atomic mass is 10.1. The average molecular weight is 344 g/mol. The van der Waals surface area contributed by atoms with Crippen LogP contribution < -0.4 is 10.1 Å². The summed E-state index contributed by atoms with van der Waals surface area (Å²) in [7, 11) is 1.78. The van der Waals surface area contributed by atoms with Gasteiger partial charge in [-0.15, -0.1) is 0 Å². The molecule has 1 N–H and O–H groups in total. The van der Waals surface area contributed by atoms with Crippen molar-refractivity contribution in [2.75, 3.05) is 12.4 Å². The minimum Gasteiger partial charge on any atom is -0.437 e. The van der Waals surface area contributed by atoms with E-state index in [1.807, 2.05) is 31.2 Å². The normalized spacial score (nSPS) is 10.6. The van der Waals surface area contributed by atoms with E-state index < -0.39 is 0 Å². The summed E-state index contributed by atoms with van der Waals surface area (Å²) in [4.78, 5) is 8.50. The second-order valence-electron chi connectivity index (χ2n) is 4.63. The van der Waals surface area contributed by atoms with Crippen LogP contribution in [0.2, 0.25) is 0 Å². The highest BCUT2D eigenvalue weighted by molar-refractivity contribution is 9.10. The molecule has 0 fully saturated rings. The van der Waals surface area contributed by atoms with Gasteiger partial charge in [-0.05, 0) is 39.7 Å². The Balaban J connectivity index is 2.04. The van der Waals surface area contributed by atoms with Crippen LogP contribution in [0.15, 0.2) is 47.1 Å². The van der Waals surface area contributed by atoms with Crippen LogP contribution in [0.25, 0.3) is 10.8 Å². The fraction of sp³-hybridized carbons (Fsp3) is 0.125. The maximum Gasteiger partial charge on any atom is 0.227 e. The summed E-state index contributed by atoms with van der Waals surface area (Å²) in [6, 6.07) is 12.1. The molecule has 0 saturated heterocycles. The third-order valence-electron chi connectivity index (χ3n) is 3.18. The van der Waals surface area contributed by atoms with Crippen LogP contribution in [-0.4, -0.2) is 17.0 Å². The van der Waals surface area contributed by atoms with Gasteiger partial charge in [0.15, 0.2) is 0 Å². The molecule has 5 heteroatoms. The number of aryl methyl sites for hydroxylation is 1. The fourth-order valence-corrected chi connectivity index (χ4v) is 2.62. The Labute approximate surface area is 131 Å². The van der Waals surface area contributed by atoms with Crippen LogP contribution in [-0.2, 0) is 0 Å². The highest BCUT2D eigenvalue weighted by Gasteiger charge is 2.10. The number of nitrogens with zero attached hydrogens (tertiary/aromatic N) is 2. The number of anilines is 1. The summed E-state index contributed by atoms with van der Waals surface area (Å²) in [5.41, 5.74) is 0.883. The van der Waals surface area contributed by atoms with E-state index in [1.54, 1.807) is 13.2 Å². The molecule has 0 bridgehead atoms. The van der Waals surface area contributed by atoms with E-state index in [4.69, 9.17) is 4.74 Å². The molecule has 0 atom stereocenters. The van der Waals surface area contributed by atoms with Crippen LogP contribution in [0, 0.1) is 6.92 Å². The van der Waals surface area contributed by atoms with E-state index in [-0.39, 0.29) is 0 Å². The molecule has 1 heterocycles. The lowest BCUT2D eigenvalue weighted by Gasteiger charge is -2.11. The van der Waals surface area contributed by atoms with Gasteiger partial charge in [0.1, 0.15) is 5.75 Å². The Morgan fingerprint density at radius 2 is 1.95 bits per heavy atom. The van der Waals surface area contributed by atoms with Crippen molar-refractivity contribution in [3.05, 3.63) is 52.6 Å². The molecule has 3 aromatic rings. The van der Waals surface area contributed by atoms with Crippen molar-refractivity contribution in [2.24, 2.45) is 0 Å².